The molecule has 4 nitrogen and oxygen atoms in total. The Hall–Kier alpha value is -0.980. The topological polar surface area (TPSA) is 50.4 Å². The zero-order valence-corrected chi connectivity index (χ0v) is 10.7. The van der Waals surface area contributed by atoms with Crippen LogP contribution >= 0.6 is 0 Å². The van der Waals surface area contributed by atoms with Gasteiger partial charge in [-0.25, -0.2) is 4.79 Å². The number of hydrogen-bond acceptors (Lipinski definition) is 3. The highest BCUT2D eigenvalue weighted by Gasteiger charge is 2.42. The summed E-state index contributed by atoms with van der Waals surface area (Å²) in [6.45, 7) is 5.32. The number of alkyl halides is 3. The predicted octanol–water partition coefficient (Wildman–Crippen LogP) is 2.05. The summed E-state index contributed by atoms with van der Waals surface area (Å²) in [6, 6.07) is -0.555. The third-order valence-corrected chi connectivity index (χ3v) is 2.53. The molecule has 2 atom stereocenters. The van der Waals surface area contributed by atoms with Crippen LogP contribution in [0.3, 0.4) is 0 Å². The van der Waals surface area contributed by atoms with Gasteiger partial charge in [-0.1, -0.05) is 0 Å². The Morgan fingerprint density at radius 1 is 1.28 bits per heavy atom. The van der Waals surface area contributed by atoms with Gasteiger partial charge in [-0.2, -0.15) is 13.2 Å². The minimum absolute atomic E-state index is 0.101. The molecular weight excluding hydrogens is 249 g/mol. The summed E-state index contributed by atoms with van der Waals surface area (Å²) < 4.78 is 42.6. The second kappa shape index (κ2) is 5.34. The predicted molar refractivity (Wildman–Crippen MR) is 60.2 cm³/mol. The summed E-state index contributed by atoms with van der Waals surface area (Å²) in [5, 5.41) is 5.12. The van der Waals surface area contributed by atoms with Crippen LogP contribution in [0.1, 0.15) is 27.2 Å². The lowest BCUT2D eigenvalue weighted by atomic mass is 9.95. The molecule has 7 heteroatoms. The van der Waals surface area contributed by atoms with E-state index >= 15 is 0 Å². The summed E-state index contributed by atoms with van der Waals surface area (Å²) in [6.07, 6.45) is -5.03. The Balaban J connectivity index is 2.46. The van der Waals surface area contributed by atoms with Gasteiger partial charge in [0.05, 0.1) is 5.92 Å². The highest BCUT2D eigenvalue weighted by Crippen LogP contribution is 2.30. The van der Waals surface area contributed by atoms with Crippen molar-refractivity contribution in [1.82, 2.24) is 10.6 Å². The molecule has 18 heavy (non-hydrogen) atoms. The monoisotopic (exact) mass is 268 g/mol. The van der Waals surface area contributed by atoms with Crippen molar-refractivity contribution in [2.24, 2.45) is 5.92 Å². The van der Waals surface area contributed by atoms with Gasteiger partial charge < -0.3 is 15.4 Å². The van der Waals surface area contributed by atoms with Gasteiger partial charge in [0.25, 0.3) is 0 Å². The molecule has 1 amide bonds. The maximum absolute atomic E-state index is 12.5. The van der Waals surface area contributed by atoms with E-state index in [1.54, 1.807) is 20.8 Å². The third-order valence-electron chi connectivity index (χ3n) is 2.53. The van der Waals surface area contributed by atoms with Crippen molar-refractivity contribution >= 4 is 6.09 Å². The molecule has 0 aromatic carbocycles. The minimum Gasteiger partial charge on any atom is -0.444 e. The highest BCUT2D eigenvalue weighted by molar-refractivity contribution is 5.68. The van der Waals surface area contributed by atoms with E-state index in [1.165, 1.54) is 0 Å². The maximum Gasteiger partial charge on any atom is 0.407 e. The molecule has 0 saturated carbocycles. The van der Waals surface area contributed by atoms with Crippen molar-refractivity contribution in [2.45, 2.75) is 45.0 Å². The maximum atomic E-state index is 12.5. The molecule has 0 spiro atoms. The van der Waals surface area contributed by atoms with E-state index in [2.05, 4.69) is 10.6 Å². The normalized spacial score (nSPS) is 25.7. The second-order valence-corrected chi connectivity index (χ2v) is 5.48. The molecule has 0 radical (unpaired) electrons. The Bertz CT molecular complexity index is 300. The molecule has 0 aromatic rings. The summed E-state index contributed by atoms with van der Waals surface area (Å²) in [5.74, 6) is -1.42. The molecule has 0 aliphatic carbocycles. The Kier molecular flexibility index (Phi) is 4.47. The smallest absolute Gasteiger partial charge is 0.407 e. The fourth-order valence-corrected chi connectivity index (χ4v) is 1.78. The first-order valence-electron chi connectivity index (χ1n) is 5.85. The molecule has 1 heterocycles. The zero-order valence-electron chi connectivity index (χ0n) is 10.7. The molecule has 1 unspecified atom stereocenters. The number of hydrogen-bond donors (Lipinski definition) is 2. The highest BCUT2D eigenvalue weighted by atomic mass is 19.4. The van der Waals surface area contributed by atoms with E-state index in [0.717, 1.165) is 0 Å². The van der Waals surface area contributed by atoms with Crippen LogP contribution in [-0.2, 0) is 4.74 Å². The third kappa shape index (κ3) is 5.12. The average molecular weight is 268 g/mol. The van der Waals surface area contributed by atoms with Gasteiger partial charge in [-0.3, -0.25) is 0 Å². The van der Waals surface area contributed by atoms with Gasteiger partial charge in [0.15, 0.2) is 0 Å². The number of halogens is 3. The van der Waals surface area contributed by atoms with E-state index in [4.69, 9.17) is 4.74 Å². The van der Waals surface area contributed by atoms with E-state index in [-0.39, 0.29) is 13.0 Å². The number of nitrogens with one attached hydrogen (secondary N) is 2. The minimum atomic E-state index is -4.23. The molecule has 1 saturated heterocycles. The van der Waals surface area contributed by atoms with Crippen LogP contribution in [0, 0.1) is 5.92 Å². The number of piperidine rings is 1. The van der Waals surface area contributed by atoms with Crippen LogP contribution in [0.15, 0.2) is 0 Å². The van der Waals surface area contributed by atoms with Crippen molar-refractivity contribution in [3.8, 4) is 0 Å². The molecule has 0 aromatic heterocycles. The first kappa shape index (κ1) is 15.1. The zero-order chi connectivity index (χ0) is 14.0. The fraction of sp³-hybridized carbons (Fsp3) is 0.909. The van der Waals surface area contributed by atoms with Crippen molar-refractivity contribution in [2.75, 3.05) is 13.1 Å². The number of alkyl carbamates (subject to hydrolysis) is 1. The molecule has 106 valence electrons. The molecule has 0 bridgehead atoms. The quantitative estimate of drug-likeness (QED) is 0.765. The fourth-order valence-electron chi connectivity index (χ4n) is 1.78. The molecule has 1 aliphatic rings. The summed E-state index contributed by atoms with van der Waals surface area (Å²) >= 11 is 0. The number of carbonyl (C=O) groups excluding carboxylic acids is 1. The van der Waals surface area contributed by atoms with Gasteiger partial charge in [0.2, 0.25) is 0 Å². The molecule has 1 rings (SSSR count). The number of ether oxygens (including phenoxy) is 1. The van der Waals surface area contributed by atoms with E-state index < -0.39 is 29.8 Å². The number of rotatable bonds is 1. The van der Waals surface area contributed by atoms with Crippen LogP contribution in [-0.4, -0.2) is 37.0 Å². The number of amides is 1. The molecular formula is C11H19F3N2O2. The lowest BCUT2D eigenvalue weighted by Crippen LogP contribution is -2.52. The van der Waals surface area contributed by atoms with Gasteiger partial charge >= 0.3 is 12.3 Å². The van der Waals surface area contributed by atoms with Crippen LogP contribution < -0.4 is 10.6 Å². The molecule has 1 aliphatic heterocycles. The molecule has 2 N–H and O–H groups in total. The van der Waals surface area contributed by atoms with Crippen LogP contribution in [0.4, 0.5) is 18.0 Å². The first-order chi connectivity index (χ1) is 8.08. The van der Waals surface area contributed by atoms with Gasteiger partial charge in [-0.15, -0.1) is 0 Å². The van der Waals surface area contributed by atoms with Gasteiger partial charge in [-0.05, 0) is 27.2 Å². The summed E-state index contributed by atoms with van der Waals surface area (Å²) in [5.41, 5.74) is -0.657. The Morgan fingerprint density at radius 3 is 2.39 bits per heavy atom. The van der Waals surface area contributed by atoms with Crippen molar-refractivity contribution in [1.29, 1.82) is 0 Å². The Morgan fingerprint density at radius 2 is 1.89 bits per heavy atom. The lowest BCUT2D eigenvalue weighted by Gasteiger charge is -2.32. The van der Waals surface area contributed by atoms with Gasteiger partial charge in [0.1, 0.15) is 5.60 Å². The van der Waals surface area contributed by atoms with Crippen molar-refractivity contribution in [3.05, 3.63) is 0 Å². The first-order valence-corrected chi connectivity index (χ1v) is 5.85. The SMILES string of the molecule is CC(C)(C)OC(=O)N[C@@H]1CNCC(C(F)(F)F)C1. The lowest BCUT2D eigenvalue weighted by molar-refractivity contribution is -0.179. The average Bonchev–Trinajstić information content (AvgIpc) is 2.13. The van der Waals surface area contributed by atoms with E-state index in [1.807, 2.05) is 0 Å². The van der Waals surface area contributed by atoms with Gasteiger partial charge in [0, 0.05) is 19.1 Å². The summed E-state index contributed by atoms with van der Waals surface area (Å²) in [4.78, 5) is 11.4. The van der Waals surface area contributed by atoms with Crippen LogP contribution in [0.25, 0.3) is 0 Å². The molecule has 1 fully saturated rings. The summed E-state index contributed by atoms with van der Waals surface area (Å²) in [7, 11) is 0. The van der Waals surface area contributed by atoms with Crippen molar-refractivity contribution < 1.29 is 22.7 Å². The largest absolute Gasteiger partial charge is 0.444 e. The van der Waals surface area contributed by atoms with E-state index in [0.29, 0.717) is 6.54 Å². The Labute approximate surface area is 104 Å². The van der Waals surface area contributed by atoms with E-state index in [9.17, 15) is 18.0 Å². The van der Waals surface area contributed by atoms with Crippen LogP contribution in [0.5, 0.6) is 0 Å². The number of carbonyl (C=O) groups is 1. The standard InChI is InChI=1S/C11H19F3N2O2/c1-10(2,3)18-9(17)16-8-4-7(5-15-6-8)11(12,13)14/h7-8,15H,4-6H2,1-3H3,(H,16,17)/t7?,8-/m0/s1. The van der Waals surface area contributed by atoms with Crippen molar-refractivity contribution in [3.63, 3.8) is 0 Å². The second-order valence-electron chi connectivity index (χ2n) is 5.48. The van der Waals surface area contributed by atoms with Crippen LogP contribution in [0.2, 0.25) is 0 Å².